The fourth-order valence-electron chi connectivity index (χ4n) is 5.16. The number of nitrogens with zero attached hydrogens (tertiary/aromatic N) is 2. The molecular formula is C32H39N3O6S. The van der Waals surface area contributed by atoms with Crippen LogP contribution in [-0.2, 0) is 26.2 Å². The van der Waals surface area contributed by atoms with E-state index in [1.807, 2.05) is 30.3 Å². The van der Waals surface area contributed by atoms with E-state index in [0.29, 0.717) is 11.4 Å². The first-order valence-corrected chi connectivity index (χ1v) is 15.6. The molecule has 1 unspecified atom stereocenters. The molecule has 9 nitrogen and oxygen atoms in total. The van der Waals surface area contributed by atoms with Crippen molar-refractivity contribution in [3.63, 3.8) is 0 Å². The zero-order valence-electron chi connectivity index (χ0n) is 24.4. The maximum atomic E-state index is 14.1. The molecule has 224 valence electrons. The van der Waals surface area contributed by atoms with Crippen LogP contribution in [-0.4, -0.2) is 58.0 Å². The number of rotatable bonds is 12. The maximum Gasteiger partial charge on any atom is 0.264 e. The lowest BCUT2D eigenvalue weighted by Crippen LogP contribution is -2.53. The van der Waals surface area contributed by atoms with Gasteiger partial charge in [0.15, 0.2) is 11.5 Å². The zero-order valence-corrected chi connectivity index (χ0v) is 25.2. The molecule has 2 amide bonds. The van der Waals surface area contributed by atoms with E-state index in [1.165, 1.54) is 37.3 Å². The van der Waals surface area contributed by atoms with Gasteiger partial charge in [-0.05, 0) is 49.6 Å². The van der Waals surface area contributed by atoms with Crippen LogP contribution in [0.2, 0.25) is 0 Å². The standard InChI is InChI=1S/C32H39N3O6S/c1-24(32(37)33-26-15-9-5-10-16-26)34(22-25-13-7-4-8-14-25)31(36)23-35(27-17-11-6-12-18-27)42(38,39)28-19-20-29(40-2)30(21-28)41-3/h4,6-8,11-14,17-21,24,26H,5,9-10,15-16,22-23H2,1-3H3,(H,33,37). The third-order valence-electron chi connectivity index (χ3n) is 7.58. The maximum absolute atomic E-state index is 14.1. The van der Waals surface area contributed by atoms with Gasteiger partial charge in [0.2, 0.25) is 11.8 Å². The number of hydrogen-bond acceptors (Lipinski definition) is 6. The fraction of sp³-hybridized carbons (Fsp3) is 0.375. The second-order valence-electron chi connectivity index (χ2n) is 10.4. The first-order chi connectivity index (χ1) is 20.2. The number of sulfonamides is 1. The number of carbonyl (C=O) groups excluding carboxylic acids is 2. The quantitative estimate of drug-likeness (QED) is 0.325. The van der Waals surface area contributed by atoms with Crippen LogP contribution in [0.1, 0.15) is 44.6 Å². The molecule has 1 N–H and O–H groups in total. The summed E-state index contributed by atoms with van der Waals surface area (Å²) in [5, 5.41) is 3.11. The van der Waals surface area contributed by atoms with Crippen molar-refractivity contribution in [2.75, 3.05) is 25.1 Å². The monoisotopic (exact) mass is 593 g/mol. The van der Waals surface area contributed by atoms with E-state index in [2.05, 4.69) is 5.32 Å². The van der Waals surface area contributed by atoms with Gasteiger partial charge in [0.1, 0.15) is 12.6 Å². The Bertz CT molecular complexity index is 1440. The van der Waals surface area contributed by atoms with Crippen molar-refractivity contribution in [1.82, 2.24) is 10.2 Å². The number of amides is 2. The highest BCUT2D eigenvalue weighted by atomic mass is 32.2. The van der Waals surface area contributed by atoms with Crippen LogP contribution in [0, 0.1) is 0 Å². The van der Waals surface area contributed by atoms with Crippen LogP contribution in [0.4, 0.5) is 5.69 Å². The summed E-state index contributed by atoms with van der Waals surface area (Å²) in [4.78, 5) is 28.8. The van der Waals surface area contributed by atoms with Crippen LogP contribution >= 0.6 is 0 Å². The highest BCUT2D eigenvalue weighted by Gasteiger charge is 2.33. The van der Waals surface area contributed by atoms with Gasteiger partial charge in [-0.25, -0.2) is 8.42 Å². The fourth-order valence-corrected chi connectivity index (χ4v) is 6.59. The van der Waals surface area contributed by atoms with E-state index in [1.54, 1.807) is 37.3 Å². The molecule has 0 heterocycles. The first-order valence-electron chi connectivity index (χ1n) is 14.2. The minimum atomic E-state index is -4.23. The second kappa shape index (κ2) is 14.2. The molecule has 1 fully saturated rings. The van der Waals surface area contributed by atoms with Crippen LogP contribution in [0.5, 0.6) is 11.5 Å². The third-order valence-corrected chi connectivity index (χ3v) is 9.35. The molecule has 3 aromatic rings. The number of ether oxygens (including phenoxy) is 2. The summed E-state index contributed by atoms with van der Waals surface area (Å²) < 4.78 is 39.8. The van der Waals surface area contributed by atoms with Gasteiger partial charge < -0.3 is 19.7 Å². The zero-order chi connectivity index (χ0) is 30.1. The average Bonchev–Trinajstić information content (AvgIpc) is 3.02. The molecule has 1 aliphatic rings. The van der Waals surface area contributed by atoms with Crippen LogP contribution < -0.4 is 19.1 Å². The molecule has 0 radical (unpaired) electrons. The highest BCUT2D eigenvalue weighted by Crippen LogP contribution is 2.32. The number of benzene rings is 3. The van der Waals surface area contributed by atoms with Crippen molar-refractivity contribution in [3.05, 3.63) is 84.4 Å². The predicted molar refractivity (Wildman–Crippen MR) is 162 cm³/mol. The molecule has 3 aromatic carbocycles. The van der Waals surface area contributed by atoms with Gasteiger partial charge in [0, 0.05) is 18.7 Å². The Labute approximate surface area is 248 Å². The van der Waals surface area contributed by atoms with Gasteiger partial charge in [-0.1, -0.05) is 67.8 Å². The predicted octanol–water partition coefficient (Wildman–Crippen LogP) is 4.77. The van der Waals surface area contributed by atoms with Crippen molar-refractivity contribution >= 4 is 27.5 Å². The molecule has 1 atom stereocenters. The molecule has 42 heavy (non-hydrogen) atoms. The van der Waals surface area contributed by atoms with Crippen molar-refractivity contribution in [2.24, 2.45) is 0 Å². The summed E-state index contributed by atoms with van der Waals surface area (Å²) in [6, 6.07) is 21.4. The summed E-state index contributed by atoms with van der Waals surface area (Å²) in [5.74, 6) is -0.125. The molecule has 0 bridgehead atoms. The van der Waals surface area contributed by atoms with E-state index in [-0.39, 0.29) is 29.1 Å². The number of hydrogen-bond donors (Lipinski definition) is 1. The molecule has 4 rings (SSSR count). The van der Waals surface area contributed by atoms with Gasteiger partial charge in [-0.15, -0.1) is 0 Å². The van der Waals surface area contributed by atoms with Crippen molar-refractivity contribution in [1.29, 1.82) is 0 Å². The largest absolute Gasteiger partial charge is 0.493 e. The molecule has 10 heteroatoms. The van der Waals surface area contributed by atoms with Gasteiger partial charge in [0.25, 0.3) is 10.0 Å². The lowest BCUT2D eigenvalue weighted by atomic mass is 9.95. The Kier molecular flexibility index (Phi) is 10.5. The summed E-state index contributed by atoms with van der Waals surface area (Å²) in [6.45, 7) is 1.33. The Morgan fingerprint density at radius 3 is 2.12 bits per heavy atom. The molecular weight excluding hydrogens is 554 g/mol. The Hall–Kier alpha value is -4.05. The Morgan fingerprint density at radius 2 is 1.50 bits per heavy atom. The lowest BCUT2D eigenvalue weighted by molar-refractivity contribution is -0.139. The SMILES string of the molecule is COc1ccc(S(=O)(=O)N(CC(=O)N(Cc2ccccc2)C(C)C(=O)NC2CCCCC2)c2ccccc2)cc1OC. The lowest BCUT2D eigenvalue weighted by Gasteiger charge is -2.33. The normalized spacial score (nSPS) is 14.5. The van der Waals surface area contributed by atoms with Crippen LogP contribution in [0.3, 0.4) is 0 Å². The van der Waals surface area contributed by atoms with Gasteiger partial charge >= 0.3 is 0 Å². The number of para-hydroxylation sites is 1. The van der Waals surface area contributed by atoms with Gasteiger partial charge in [-0.2, -0.15) is 0 Å². The summed E-state index contributed by atoms with van der Waals surface area (Å²) in [7, 11) is -1.34. The van der Waals surface area contributed by atoms with Crippen LogP contribution in [0.25, 0.3) is 0 Å². The average molecular weight is 594 g/mol. The smallest absolute Gasteiger partial charge is 0.264 e. The van der Waals surface area contributed by atoms with Crippen molar-refractivity contribution in [3.8, 4) is 11.5 Å². The first kappa shape index (κ1) is 30.9. The van der Waals surface area contributed by atoms with Crippen molar-refractivity contribution in [2.45, 2.75) is 62.6 Å². The molecule has 1 aliphatic carbocycles. The number of nitrogens with one attached hydrogen (secondary N) is 1. The molecule has 0 aliphatic heterocycles. The van der Waals surface area contributed by atoms with Gasteiger partial charge in [0.05, 0.1) is 24.8 Å². The van der Waals surface area contributed by atoms with E-state index in [4.69, 9.17) is 9.47 Å². The number of carbonyl (C=O) groups is 2. The summed E-state index contributed by atoms with van der Waals surface area (Å²) in [5.41, 5.74) is 1.15. The molecule has 1 saturated carbocycles. The van der Waals surface area contributed by atoms with Crippen LogP contribution in [0.15, 0.2) is 83.8 Å². The third kappa shape index (κ3) is 7.42. The van der Waals surface area contributed by atoms with Gasteiger partial charge in [-0.3, -0.25) is 13.9 Å². The minimum absolute atomic E-state index is 0.0606. The molecule has 0 spiro atoms. The molecule has 0 aromatic heterocycles. The highest BCUT2D eigenvalue weighted by molar-refractivity contribution is 7.92. The van der Waals surface area contributed by atoms with Crippen molar-refractivity contribution < 1.29 is 27.5 Å². The van der Waals surface area contributed by atoms with E-state index >= 15 is 0 Å². The topological polar surface area (TPSA) is 105 Å². The Balaban J connectivity index is 1.67. The number of methoxy groups -OCH3 is 2. The Morgan fingerprint density at radius 1 is 0.881 bits per heavy atom. The minimum Gasteiger partial charge on any atom is -0.493 e. The van der Waals surface area contributed by atoms with E-state index < -0.39 is 28.5 Å². The summed E-state index contributed by atoms with van der Waals surface area (Å²) >= 11 is 0. The molecule has 0 saturated heterocycles. The number of anilines is 1. The van der Waals surface area contributed by atoms with E-state index in [9.17, 15) is 18.0 Å². The second-order valence-corrected chi connectivity index (χ2v) is 12.3. The summed E-state index contributed by atoms with van der Waals surface area (Å²) in [6.07, 6.45) is 5.11. The van der Waals surface area contributed by atoms with E-state index in [0.717, 1.165) is 42.0 Å².